The molecule has 0 fully saturated rings. The second-order valence-corrected chi connectivity index (χ2v) is 24.7. The molecule has 2 aromatic carbocycles. The summed E-state index contributed by atoms with van der Waals surface area (Å²) in [4.78, 5) is 6.92. The first-order valence-corrected chi connectivity index (χ1v) is 21.3. The number of hydrogen-bond acceptors (Lipinski definition) is 5. The van der Waals surface area contributed by atoms with Gasteiger partial charge in [-0.15, -0.1) is 0 Å². The summed E-state index contributed by atoms with van der Waals surface area (Å²) in [6, 6.07) is 14.3. The predicted molar refractivity (Wildman–Crippen MR) is 123 cm³/mol. The normalized spacial score (nSPS) is 13.1. The van der Waals surface area contributed by atoms with Crippen LogP contribution in [0.25, 0.3) is 0 Å². The number of hydrogen-bond donors (Lipinski definition) is 0. The number of aryl methyl sites for hydroxylation is 1. The molecule has 0 N–H and O–H groups in total. The van der Waals surface area contributed by atoms with Crippen LogP contribution >= 0.6 is 0 Å². The molecule has 1 unspecified atom stereocenters. The number of methoxy groups -OCH3 is 1. The molecule has 0 bridgehead atoms. The molecule has 0 aliphatic heterocycles. The van der Waals surface area contributed by atoms with Crippen molar-refractivity contribution in [2.45, 2.75) is 33.2 Å². The van der Waals surface area contributed by atoms with Gasteiger partial charge in [0.15, 0.2) is 0 Å². The van der Waals surface area contributed by atoms with Crippen molar-refractivity contribution in [2.75, 3.05) is 20.3 Å². The van der Waals surface area contributed by atoms with Gasteiger partial charge in [0.1, 0.15) is 0 Å². The second kappa shape index (κ2) is 10.8. The van der Waals surface area contributed by atoms with Crippen LogP contribution in [-0.4, -0.2) is 47.1 Å². The van der Waals surface area contributed by atoms with Crippen molar-refractivity contribution in [2.24, 2.45) is 5.92 Å². The van der Waals surface area contributed by atoms with Gasteiger partial charge in [-0.25, -0.2) is 0 Å². The molecule has 164 valence electrons. The molecule has 0 saturated carbocycles. The van der Waals surface area contributed by atoms with Crippen LogP contribution in [0.4, 0.5) is 0 Å². The third-order valence-corrected chi connectivity index (χ3v) is 12.9. The summed E-state index contributed by atoms with van der Waals surface area (Å²) >= 11 is -2.49. The van der Waals surface area contributed by atoms with Gasteiger partial charge < -0.3 is 0 Å². The fraction of sp³-hybridized carbons (Fsp3) is 0.391. The number of benzene rings is 2. The van der Waals surface area contributed by atoms with Crippen LogP contribution in [0.5, 0.6) is 5.75 Å². The van der Waals surface area contributed by atoms with E-state index in [1.165, 1.54) is 0 Å². The summed E-state index contributed by atoms with van der Waals surface area (Å²) in [6.07, 6.45) is 0. The Hall–Kier alpha value is -1.35. The molecule has 2 rings (SSSR count). The van der Waals surface area contributed by atoms with Crippen molar-refractivity contribution in [1.29, 1.82) is 0 Å². The Labute approximate surface area is 185 Å². The molecular formula is C23H32O5SSn. The quantitative estimate of drug-likeness (QED) is 0.298. The van der Waals surface area contributed by atoms with Crippen LogP contribution < -0.4 is 4.74 Å². The molecule has 0 aromatic heterocycles. The molecule has 30 heavy (non-hydrogen) atoms. The van der Waals surface area contributed by atoms with E-state index in [0.29, 0.717) is 13.2 Å². The van der Waals surface area contributed by atoms with Crippen molar-refractivity contribution in [3.05, 3.63) is 69.8 Å². The van der Waals surface area contributed by atoms with E-state index in [9.17, 15) is 8.42 Å². The van der Waals surface area contributed by atoms with E-state index >= 15 is 0 Å². The fourth-order valence-corrected chi connectivity index (χ4v) is 7.77. The molecule has 0 amide bonds. The minimum absolute atomic E-state index is 0.0336. The van der Waals surface area contributed by atoms with Crippen LogP contribution in [0.3, 0.4) is 0 Å². The van der Waals surface area contributed by atoms with E-state index in [2.05, 4.69) is 21.4 Å². The Bertz CT molecular complexity index is 929. The number of rotatable bonds is 11. The Morgan fingerprint density at radius 2 is 1.60 bits per heavy atom. The topological polar surface area (TPSA) is 61.8 Å². The van der Waals surface area contributed by atoms with Crippen molar-refractivity contribution in [3.8, 4) is 5.75 Å². The van der Waals surface area contributed by atoms with Gasteiger partial charge in [0, 0.05) is 0 Å². The Kier molecular flexibility index (Phi) is 8.96. The maximum atomic E-state index is 12.6. The Balaban J connectivity index is 2.03. The molecule has 5 nitrogen and oxygen atoms in total. The molecule has 0 heterocycles. The summed E-state index contributed by atoms with van der Waals surface area (Å²) in [7, 11) is -2.19. The van der Waals surface area contributed by atoms with Gasteiger partial charge in [-0.1, -0.05) is 0 Å². The average molecular weight is 539 g/mol. The zero-order valence-electron chi connectivity index (χ0n) is 18.5. The van der Waals surface area contributed by atoms with Crippen molar-refractivity contribution in [1.82, 2.24) is 0 Å². The first-order valence-electron chi connectivity index (χ1n) is 9.89. The van der Waals surface area contributed by atoms with Crippen LogP contribution in [0.1, 0.15) is 11.1 Å². The van der Waals surface area contributed by atoms with Gasteiger partial charge in [0.25, 0.3) is 0 Å². The van der Waals surface area contributed by atoms with E-state index < -0.39 is 28.5 Å². The molecule has 0 aliphatic rings. The van der Waals surface area contributed by atoms with Gasteiger partial charge in [-0.3, -0.25) is 0 Å². The van der Waals surface area contributed by atoms with E-state index in [4.69, 9.17) is 13.7 Å². The first kappa shape index (κ1) is 24.9. The van der Waals surface area contributed by atoms with Crippen LogP contribution in [0.15, 0.2) is 63.6 Å². The van der Waals surface area contributed by atoms with Crippen molar-refractivity contribution < 1.29 is 22.1 Å². The van der Waals surface area contributed by atoms with Gasteiger partial charge in [0.05, 0.1) is 0 Å². The molecule has 0 aliphatic carbocycles. The van der Waals surface area contributed by atoms with E-state index in [1.807, 2.05) is 31.2 Å². The van der Waals surface area contributed by atoms with Gasteiger partial charge >= 0.3 is 186 Å². The molecule has 0 radical (unpaired) electrons. The van der Waals surface area contributed by atoms with E-state index in [-0.39, 0.29) is 17.4 Å². The maximum absolute atomic E-state index is 12.6. The second-order valence-electron chi connectivity index (χ2n) is 8.39. The monoisotopic (exact) mass is 540 g/mol. The standard InChI is InChI=1S/C20H23O5S.3CH3.Sn/c1-4-17(13-24-14-18-7-9-19(23-3)10-8-18)15-25-26(21,22)20-11-5-16(2)6-12-20;;;;/h5-12,17H,1,13-15H2,2-3H3;3*1H3;. The zero-order chi connectivity index (χ0) is 22.4. The minimum atomic E-state index is -3.82. The Morgan fingerprint density at radius 1 is 1.00 bits per heavy atom. The van der Waals surface area contributed by atoms with Crippen LogP contribution in [-0.2, 0) is 25.6 Å². The summed E-state index contributed by atoms with van der Waals surface area (Å²) in [6.45, 7) is 7.02. The van der Waals surface area contributed by atoms with Crippen molar-refractivity contribution >= 4 is 28.5 Å². The van der Waals surface area contributed by atoms with Crippen molar-refractivity contribution in [3.63, 3.8) is 0 Å². The zero-order valence-corrected chi connectivity index (χ0v) is 22.1. The average Bonchev–Trinajstić information content (AvgIpc) is 2.70. The van der Waals surface area contributed by atoms with Crippen LogP contribution in [0.2, 0.25) is 14.8 Å². The summed E-state index contributed by atoms with van der Waals surface area (Å²) < 4.78 is 42.8. The summed E-state index contributed by atoms with van der Waals surface area (Å²) in [5.74, 6) is 0.626. The summed E-state index contributed by atoms with van der Waals surface area (Å²) in [5.41, 5.74) is 2.02. The molecule has 2 aromatic rings. The third kappa shape index (κ3) is 7.41. The molecule has 1 atom stereocenters. The van der Waals surface area contributed by atoms with Crippen LogP contribution in [0, 0.1) is 12.8 Å². The predicted octanol–water partition coefficient (Wildman–Crippen LogP) is 4.98. The first-order chi connectivity index (χ1) is 14.0. The molecule has 0 saturated heterocycles. The SMILES string of the molecule is C=[C](C(COCc1ccc(OC)cc1)COS(=O)(=O)c1ccc(C)cc1)[Sn]([CH3])([CH3])[CH3]. The van der Waals surface area contributed by atoms with Gasteiger partial charge in [-0.2, -0.15) is 0 Å². The molecule has 0 spiro atoms. The third-order valence-electron chi connectivity index (χ3n) is 4.94. The van der Waals surface area contributed by atoms with E-state index in [1.54, 1.807) is 31.4 Å². The molecular weight excluding hydrogens is 507 g/mol. The molecule has 7 heteroatoms. The number of ether oxygens (including phenoxy) is 2. The Morgan fingerprint density at radius 3 is 2.13 bits per heavy atom. The van der Waals surface area contributed by atoms with E-state index in [0.717, 1.165) is 20.5 Å². The van der Waals surface area contributed by atoms with Gasteiger partial charge in [0.2, 0.25) is 0 Å². The summed E-state index contributed by atoms with van der Waals surface area (Å²) in [5, 5.41) is 0. The van der Waals surface area contributed by atoms with Gasteiger partial charge in [-0.05, 0) is 0 Å². The fourth-order valence-electron chi connectivity index (χ4n) is 2.85.